The van der Waals surface area contributed by atoms with Gasteiger partial charge in [-0.25, -0.2) is 13.2 Å². The SMILES string of the molecule is O=C(Nc1ccc(S(=O)(=O)Nc2c(Cl)cccc2Cl)cc1)N1CCCC1. The van der Waals surface area contributed by atoms with E-state index in [0.717, 1.165) is 25.9 Å². The minimum absolute atomic E-state index is 0.0349. The normalized spacial score (nSPS) is 14.3. The van der Waals surface area contributed by atoms with Crippen LogP contribution in [0, 0.1) is 0 Å². The average molecular weight is 414 g/mol. The Kier molecular flexibility index (Phi) is 5.60. The van der Waals surface area contributed by atoms with Crippen LogP contribution in [0.1, 0.15) is 12.8 Å². The Morgan fingerprint density at radius 3 is 2.12 bits per heavy atom. The molecule has 2 aromatic rings. The van der Waals surface area contributed by atoms with Gasteiger partial charge in [-0.15, -0.1) is 0 Å². The molecule has 1 saturated heterocycles. The van der Waals surface area contributed by atoms with Gasteiger partial charge < -0.3 is 10.2 Å². The highest BCUT2D eigenvalue weighted by atomic mass is 35.5. The van der Waals surface area contributed by atoms with Gasteiger partial charge in [-0.05, 0) is 49.2 Å². The molecule has 6 nitrogen and oxygen atoms in total. The van der Waals surface area contributed by atoms with Crippen LogP contribution in [0.2, 0.25) is 10.0 Å². The number of benzene rings is 2. The molecular formula is C17H17Cl2N3O3S. The molecule has 2 amide bonds. The molecule has 2 N–H and O–H groups in total. The lowest BCUT2D eigenvalue weighted by molar-refractivity contribution is 0.222. The van der Waals surface area contributed by atoms with Crippen LogP contribution < -0.4 is 10.0 Å². The summed E-state index contributed by atoms with van der Waals surface area (Å²) in [5.41, 5.74) is 0.652. The molecule has 1 aliphatic heterocycles. The van der Waals surface area contributed by atoms with E-state index in [4.69, 9.17) is 23.2 Å². The molecule has 138 valence electrons. The molecule has 26 heavy (non-hydrogen) atoms. The summed E-state index contributed by atoms with van der Waals surface area (Å²) in [6.45, 7) is 1.47. The van der Waals surface area contributed by atoms with Gasteiger partial charge in [0.05, 0.1) is 20.6 Å². The number of amides is 2. The smallest absolute Gasteiger partial charge is 0.321 e. The minimum atomic E-state index is -3.86. The second kappa shape index (κ2) is 7.73. The number of nitrogens with zero attached hydrogens (tertiary/aromatic N) is 1. The van der Waals surface area contributed by atoms with Gasteiger partial charge in [-0.3, -0.25) is 4.72 Å². The van der Waals surface area contributed by atoms with E-state index in [1.165, 1.54) is 24.3 Å². The number of sulfonamides is 1. The molecule has 9 heteroatoms. The lowest BCUT2D eigenvalue weighted by atomic mass is 10.3. The number of nitrogens with one attached hydrogen (secondary N) is 2. The highest BCUT2D eigenvalue weighted by Crippen LogP contribution is 2.32. The number of anilines is 2. The summed E-state index contributed by atoms with van der Waals surface area (Å²) in [6, 6.07) is 10.4. The first-order valence-corrected chi connectivity index (χ1v) is 10.2. The highest BCUT2D eigenvalue weighted by molar-refractivity contribution is 7.92. The van der Waals surface area contributed by atoms with Gasteiger partial charge in [-0.1, -0.05) is 29.3 Å². The fourth-order valence-electron chi connectivity index (χ4n) is 2.63. The van der Waals surface area contributed by atoms with Crippen LogP contribution in [0.15, 0.2) is 47.4 Å². The van der Waals surface area contributed by atoms with E-state index in [-0.39, 0.29) is 26.7 Å². The van der Waals surface area contributed by atoms with Crippen LogP contribution in [-0.2, 0) is 10.0 Å². The van der Waals surface area contributed by atoms with Crippen molar-refractivity contribution in [3.05, 3.63) is 52.5 Å². The van der Waals surface area contributed by atoms with Gasteiger partial charge in [0.1, 0.15) is 0 Å². The van der Waals surface area contributed by atoms with Gasteiger partial charge in [-0.2, -0.15) is 0 Å². The molecule has 0 unspecified atom stereocenters. The van der Waals surface area contributed by atoms with Crippen molar-refractivity contribution in [2.45, 2.75) is 17.7 Å². The Labute approximate surface area is 162 Å². The van der Waals surface area contributed by atoms with E-state index in [9.17, 15) is 13.2 Å². The first-order valence-electron chi connectivity index (χ1n) is 8.00. The van der Waals surface area contributed by atoms with Crippen LogP contribution in [0.25, 0.3) is 0 Å². The van der Waals surface area contributed by atoms with Crippen molar-refractivity contribution >= 4 is 50.6 Å². The molecule has 1 fully saturated rings. The predicted molar refractivity (Wildman–Crippen MR) is 104 cm³/mol. The average Bonchev–Trinajstić information content (AvgIpc) is 3.14. The Morgan fingerprint density at radius 2 is 1.54 bits per heavy atom. The van der Waals surface area contributed by atoms with E-state index in [0.29, 0.717) is 5.69 Å². The molecular weight excluding hydrogens is 397 g/mol. The maximum Gasteiger partial charge on any atom is 0.321 e. The Morgan fingerprint density at radius 1 is 0.962 bits per heavy atom. The second-order valence-corrected chi connectivity index (χ2v) is 8.35. The third-order valence-corrected chi connectivity index (χ3v) is 6.00. The number of urea groups is 1. The van der Waals surface area contributed by atoms with Crippen molar-refractivity contribution in [3.63, 3.8) is 0 Å². The fraction of sp³-hybridized carbons (Fsp3) is 0.235. The van der Waals surface area contributed by atoms with Crippen molar-refractivity contribution in [1.82, 2.24) is 4.90 Å². The van der Waals surface area contributed by atoms with Crippen molar-refractivity contribution in [2.24, 2.45) is 0 Å². The monoisotopic (exact) mass is 413 g/mol. The topological polar surface area (TPSA) is 78.5 Å². The van der Waals surface area contributed by atoms with E-state index in [1.807, 2.05) is 0 Å². The van der Waals surface area contributed by atoms with Crippen LogP contribution in [-0.4, -0.2) is 32.4 Å². The number of hydrogen-bond acceptors (Lipinski definition) is 3. The summed E-state index contributed by atoms with van der Waals surface area (Å²) in [4.78, 5) is 13.8. The van der Waals surface area contributed by atoms with E-state index < -0.39 is 10.0 Å². The quantitative estimate of drug-likeness (QED) is 0.778. The number of hydrogen-bond donors (Lipinski definition) is 2. The molecule has 0 bridgehead atoms. The van der Waals surface area contributed by atoms with Gasteiger partial charge in [0, 0.05) is 18.8 Å². The molecule has 0 spiro atoms. The summed E-state index contributed by atoms with van der Waals surface area (Å²) in [7, 11) is -3.86. The van der Waals surface area contributed by atoms with Gasteiger partial charge in [0.15, 0.2) is 0 Å². The van der Waals surface area contributed by atoms with E-state index in [2.05, 4.69) is 10.0 Å². The zero-order valence-corrected chi connectivity index (χ0v) is 16.0. The molecule has 0 radical (unpaired) electrons. The summed E-state index contributed by atoms with van der Waals surface area (Å²) < 4.78 is 27.4. The standard InChI is InChI=1S/C17H17Cl2N3O3S/c18-14-4-3-5-15(19)16(14)21-26(24,25)13-8-6-12(7-9-13)20-17(23)22-10-1-2-11-22/h3-9,21H,1-2,10-11H2,(H,20,23). The van der Waals surface area contributed by atoms with Crippen LogP contribution in [0.4, 0.5) is 16.2 Å². The van der Waals surface area contributed by atoms with Crippen LogP contribution >= 0.6 is 23.2 Å². The number of rotatable bonds is 4. The Bertz CT molecular complexity index is 891. The van der Waals surface area contributed by atoms with Crippen molar-refractivity contribution in [2.75, 3.05) is 23.1 Å². The highest BCUT2D eigenvalue weighted by Gasteiger charge is 2.20. The number of para-hydroxylation sites is 1. The van der Waals surface area contributed by atoms with E-state index >= 15 is 0 Å². The minimum Gasteiger partial charge on any atom is -0.325 e. The lowest BCUT2D eigenvalue weighted by Gasteiger charge is -2.16. The third-order valence-electron chi connectivity index (χ3n) is 4.01. The number of halogens is 2. The van der Waals surface area contributed by atoms with E-state index in [1.54, 1.807) is 23.1 Å². The van der Waals surface area contributed by atoms with Crippen molar-refractivity contribution in [3.8, 4) is 0 Å². The first kappa shape index (κ1) is 18.8. The van der Waals surface area contributed by atoms with Crippen LogP contribution in [0.5, 0.6) is 0 Å². The molecule has 1 aliphatic rings. The molecule has 3 rings (SSSR count). The molecule has 0 aliphatic carbocycles. The summed E-state index contributed by atoms with van der Waals surface area (Å²) in [5, 5.41) is 3.17. The first-order chi connectivity index (χ1) is 12.4. The molecule has 1 heterocycles. The largest absolute Gasteiger partial charge is 0.325 e. The number of carbonyl (C=O) groups is 1. The lowest BCUT2D eigenvalue weighted by Crippen LogP contribution is -2.32. The van der Waals surface area contributed by atoms with Crippen LogP contribution in [0.3, 0.4) is 0 Å². The maximum absolute atomic E-state index is 12.5. The molecule has 0 atom stereocenters. The van der Waals surface area contributed by atoms with Gasteiger partial charge in [0.2, 0.25) is 0 Å². The van der Waals surface area contributed by atoms with Crippen molar-refractivity contribution in [1.29, 1.82) is 0 Å². The maximum atomic E-state index is 12.5. The summed E-state index contributed by atoms with van der Waals surface area (Å²) in [5.74, 6) is 0. The summed E-state index contributed by atoms with van der Waals surface area (Å²) in [6.07, 6.45) is 2.00. The number of carbonyl (C=O) groups excluding carboxylic acids is 1. The third kappa shape index (κ3) is 4.23. The molecule has 0 aromatic heterocycles. The molecule has 0 saturated carbocycles. The van der Waals surface area contributed by atoms with Gasteiger partial charge >= 0.3 is 6.03 Å². The zero-order valence-electron chi connectivity index (χ0n) is 13.7. The van der Waals surface area contributed by atoms with Crippen molar-refractivity contribution < 1.29 is 13.2 Å². The second-order valence-electron chi connectivity index (χ2n) is 5.85. The fourth-order valence-corrected chi connectivity index (χ4v) is 4.33. The Hall–Kier alpha value is -1.96. The van der Waals surface area contributed by atoms with Gasteiger partial charge in [0.25, 0.3) is 10.0 Å². The molecule has 2 aromatic carbocycles. The summed E-state index contributed by atoms with van der Waals surface area (Å²) >= 11 is 12.0. The zero-order chi connectivity index (χ0) is 18.7. The Balaban J connectivity index is 1.73. The predicted octanol–water partition coefficient (Wildman–Crippen LogP) is 4.42. The number of likely N-dealkylation sites (tertiary alicyclic amines) is 1.